The van der Waals surface area contributed by atoms with Gasteiger partial charge in [-0.25, -0.2) is 0 Å². The summed E-state index contributed by atoms with van der Waals surface area (Å²) in [5.74, 6) is 1.000. The first kappa shape index (κ1) is 17.8. The number of amides is 1. The number of ether oxygens (including phenoxy) is 1. The highest BCUT2D eigenvalue weighted by Gasteiger charge is 2.32. The Morgan fingerprint density at radius 2 is 1.89 bits per heavy atom. The molecule has 1 amide bonds. The largest absolute Gasteiger partial charge is 0.490 e. The number of carbonyl (C=O) groups excluding carboxylic acids is 2. The molecule has 0 radical (unpaired) electrons. The number of Topliss-reactive ketones (excluding diaryl/α,β-unsaturated/α-hetero) is 1. The van der Waals surface area contributed by atoms with Gasteiger partial charge in [0.1, 0.15) is 11.9 Å². The van der Waals surface area contributed by atoms with Crippen molar-refractivity contribution in [3.8, 4) is 5.75 Å². The summed E-state index contributed by atoms with van der Waals surface area (Å²) in [4.78, 5) is 30.7. The number of H-pyrrole nitrogens is 1. The van der Waals surface area contributed by atoms with Crippen molar-refractivity contribution in [1.29, 1.82) is 0 Å². The Hall–Kier alpha value is -2.56. The molecule has 0 bridgehead atoms. The quantitative estimate of drug-likeness (QED) is 0.898. The van der Waals surface area contributed by atoms with Gasteiger partial charge < -0.3 is 14.6 Å². The summed E-state index contributed by atoms with van der Waals surface area (Å²) >= 11 is 0. The fraction of sp³-hybridized carbons (Fsp3) is 0.455. The minimum Gasteiger partial charge on any atom is -0.490 e. The number of aromatic amines is 1. The van der Waals surface area contributed by atoms with Crippen molar-refractivity contribution in [3.05, 3.63) is 52.3 Å². The van der Waals surface area contributed by atoms with Gasteiger partial charge in [-0.05, 0) is 38.3 Å². The van der Waals surface area contributed by atoms with Crippen LogP contribution in [0.5, 0.6) is 5.75 Å². The number of fused-ring (bicyclic) bond motifs is 1. The number of carbonyl (C=O) groups is 2. The highest BCUT2D eigenvalue weighted by molar-refractivity contribution is 6.10. The smallest absolute Gasteiger partial charge is 0.256 e. The molecule has 0 spiro atoms. The maximum atomic E-state index is 13.1. The molecular weight excluding hydrogens is 340 g/mol. The summed E-state index contributed by atoms with van der Waals surface area (Å²) in [6.45, 7) is 5.25. The van der Waals surface area contributed by atoms with Gasteiger partial charge in [-0.2, -0.15) is 0 Å². The first-order valence-corrected chi connectivity index (χ1v) is 9.81. The number of benzene rings is 1. The Kier molecular flexibility index (Phi) is 4.77. The summed E-state index contributed by atoms with van der Waals surface area (Å²) in [5, 5.41) is 0. The van der Waals surface area contributed by atoms with E-state index < -0.39 is 0 Å². The van der Waals surface area contributed by atoms with Gasteiger partial charge in [0.25, 0.3) is 5.91 Å². The molecule has 1 N–H and O–H groups in total. The molecule has 27 heavy (non-hydrogen) atoms. The van der Waals surface area contributed by atoms with Gasteiger partial charge in [0, 0.05) is 43.7 Å². The van der Waals surface area contributed by atoms with Gasteiger partial charge in [0.15, 0.2) is 5.78 Å². The standard InChI is InChI=1S/C22H26N2O3/c1-14-6-3-4-9-19(14)27-16-10-12-24(13-11-16)22(26)20-15(2)23-17-7-5-8-18(25)21(17)20/h3-4,6,9,16,23H,5,7-8,10-13H2,1-2H3. The minimum atomic E-state index is -0.0189. The summed E-state index contributed by atoms with van der Waals surface area (Å²) in [7, 11) is 0. The Balaban J connectivity index is 1.45. The van der Waals surface area contributed by atoms with Crippen LogP contribution in [-0.2, 0) is 6.42 Å². The molecule has 0 saturated carbocycles. The van der Waals surface area contributed by atoms with E-state index in [1.807, 2.05) is 43.0 Å². The third kappa shape index (κ3) is 3.38. The second-order valence-electron chi connectivity index (χ2n) is 7.63. The molecule has 2 aromatic rings. The van der Waals surface area contributed by atoms with Crippen LogP contribution in [0.4, 0.5) is 0 Å². The van der Waals surface area contributed by atoms with Gasteiger partial charge in [-0.3, -0.25) is 9.59 Å². The Morgan fingerprint density at radius 3 is 2.63 bits per heavy atom. The van der Waals surface area contributed by atoms with Crippen LogP contribution in [0, 0.1) is 13.8 Å². The summed E-state index contributed by atoms with van der Waals surface area (Å²) in [5.41, 5.74) is 4.11. The lowest BCUT2D eigenvalue weighted by Gasteiger charge is -2.32. The fourth-order valence-corrected chi connectivity index (χ4v) is 4.21. The van der Waals surface area contributed by atoms with E-state index in [1.165, 1.54) is 0 Å². The zero-order valence-corrected chi connectivity index (χ0v) is 16.0. The zero-order chi connectivity index (χ0) is 19.0. The van der Waals surface area contributed by atoms with Crippen LogP contribution < -0.4 is 4.74 Å². The molecule has 4 rings (SSSR count). The minimum absolute atomic E-state index is 0.0189. The molecule has 2 aliphatic rings. The lowest BCUT2D eigenvalue weighted by atomic mass is 9.92. The molecular formula is C22H26N2O3. The van der Waals surface area contributed by atoms with Gasteiger partial charge in [-0.15, -0.1) is 0 Å². The normalized spacial score (nSPS) is 17.7. The predicted molar refractivity (Wildman–Crippen MR) is 104 cm³/mol. The van der Waals surface area contributed by atoms with E-state index >= 15 is 0 Å². The van der Waals surface area contributed by atoms with Gasteiger partial charge >= 0.3 is 0 Å². The van der Waals surface area contributed by atoms with Crippen molar-refractivity contribution in [1.82, 2.24) is 9.88 Å². The highest BCUT2D eigenvalue weighted by Crippen LogP contribution is 2.29. The number of nitrogens with zero attached hydrogens (tertiary/aromatic N) is 1. The molecule has 2 heterocycles. The number of hydrogen-bond acceptors (Lipinski definition) is 3. The number of para-hydroxylation sites is 1. The number of nitrogens with one attached hydrogen (secondary N) is 1. The van der Waals surface area contributed by atoms with Crippen molar-refractivity contribution in [2.75, 3.05) is 13.1 Å². The van der Waals surface area contributed by atoms with Crippen LogP contribution in [0.15, 0.2) is 24.3 Å². The van der Waals surface area contributed by atoms with E-state index in [-0.39, 0.29) is 17.8 Å². The molecule has 1 fully saturated rings. The van der Waals surface area contributed by atoms with Crippen LogP contribution in [0.3, 0.4) is 0 Å². The third-order valence-corrected chi connectivity index (χ3v) is 5.70. The van der Waals surface area contributed by atoms with Crippen molar-refractivity contribution in [3.63, 3.8) is 0 Å². The van der Waals surface area contributed by atoms with Crippen molar-refractivity contribution >= 4 is 11.7 Å². The second kappa shape index (κ2) is 7.22. The Morgan fingerprint density at radius 1 is 1.15 bits per heavy atom. The lowest BCUT2D eigenvalue weighted by molar-refractivity contribution is 0.0590. The molecule has 5 nitrogen and oxygen atoms in total. The summed E-state index contributed by atoms with van der Waals surface area (Å²) in [6.07, 6.45) is 3.98. The fourth-order valence-electron chi connectivity index (χ4n) is 4.21. The Labute approximate surface area is 159 Å². The van der Waals surface area contributed by atoms with E-state index in [2.05, 4.69) is 4.98 Å². The average Bonchev–Trinajstić information content (AvgIpc) is 3.01. The van der Waals surface area contributed by atoms with Gasteiger partial charge in [0.05, 0.1) is 11.1 Å². The van der Waals surface area contributed by atoms with Gasteiger partial charge in [0.2, 0.25) is 0 Å². The highest BCUT2D eigenvalue weighted by atomic mass is 16.5. The molecule has 0 unspecified atom stereocenters. The monoisotopic (exact) mass is 366 g/mol. The maximum Gasteiger partial charge on any atom is 0.256 e. The summed E-state index contributed by atoms with van der Waals surface area (Å²) < 4.78 is 6.14. The van der Waals surface area contributed by atoms with E-state index in [1.54, 1.807) is 0 Å². The molecule has 1 aliphatic heterocycles. The number of rotatable bonds is 3. The predicted octanol–water partition coefficient (Wildman–Crippen LogP) is 3.83. The topological polar surface area (TPSA) is 62.4 Å². The number of aryl methyl sites for hydroxylation is 3. The van der Waals surface area contributed by atoms with Gasteiger partial charge in [-0.1, -0.05) is 18.2 Å². The lowest BCUT2D eigenvalue weighted by Crippen LogP contribution is -2.42. The van der Waals surface area contributed by atoms with Crippen LogP contribution in [-0.4, -0.2) is 40.8 Å². The van der Waals surface area contributed by atoms with Crippen LogP contribution in [0.2, 0.25) is 0 Å². The Bertz CT molecular complexity index is 876. The number of hydrogen-bond donors (Lipinski definition) is 1. The number of aromatic nitrogens is 1. The third-order valence-electron chi connectivity index (χ3n) is 5.70. The van der Waals surface area contributed by atoms with Crippen LogP contribution >= 0.6 is 0 Å². The van der Waals surface area contributed by atoms with Crippen LogP contribution in [0.1, 0.15) is 63.4 Å². The maximum absolute atomic E-state index is 13.1. The molecule has 1 aromatic heterocycles. The van der Waals surface area contributed by atoms with E-state index in [0.717, 1.165) is 48.4 Å². The number of likely N-dealkylation sites (tertiary alicyclic amines) is 1. The molecule has 5 heteroatoms. The molecule has 0 atom stereocenters. The zero-order valence-electron chi connectivity index (χ0n) is 16.0. The number of piperidine rings is 1. The molecule has 1 aromatic carbocycles. The van der Waals surface area contributed by atoms with Crippen molar-refractivity contribution in [2.45, 2.75) is 52.1 Å². The second-order valence-corrected chi connectivity index (χ2v) is 7.63. The SMILES string of the molecule is Cc1ccccc1OC1CCN(C(=O)c2c(C)[nH]c3c2C(=O)CCC3)CC1. The molecule has 1 saturated heterocycles. The van der Waals surface area contributed by atoms with E-state index in [4.69, 9.17) is 4.74 Å². The van der Waals surface area contributed by atoms with E-state index in [0.29, 0.717) is 30.6 Å². The first-order valence-electron chi connectivity index (χ1n) is 9.81. The molecule has 1 aliphatic carbocycles. The first-order chi connectivity index (χ1) is 13.0. The average molecular weight is 366 g/mol. The van der Waals surface area contributed by atoms with Crippen molar-refractivity contribution in [2.24, 2.45) is 0 Å². The van der Waals surface area contributed by atoms with Crippen LogP contribution in [0.25, 0.3) is 0 Å². The number of ketones is 1. The summed E-state index contributed by atoms with van der Waals surface area (Å²) in [6, 6.07) is 8.03. The van der Waals surface area contributed by atoms with Crippen molar-refractivity contribution < 1.29 is 14.3 Å². The van der Waals surface area contributed by atoms with E-state index in [9.17, 15) is 9.59 Å². The molecule has 142 valence electrons.